The maximum Gasteiger partial charge on any atom is 0.227 e. The van der Waals surface area contributed by atoms with Crippen LogP contribution in [0, 0.1) is 5.82 Å². The molecule has 5 rings (SSSR count). The second-order valence-corrected chi connectivity index (χ2v) is 7.21. The Bertz CT molecular complexity index is 1170. The van der Waals surface area contributed by atoms with E-state index in [9.17, 15) is 4.39 Å². The summed E-state index contributed by atoms with van der Waals surface area (Å²) in [6, 6.07) is 16.5. The lowest BCUT2D eigenvalue weighted by Gasteiger charge is -2.29. The van der Waals surface area contributed by atoms with Crippen LogP contribution in [0.15, 0.2) is 67.0 Å². The predicted molar refractivity (Wildman–Crippen MR) is 118 cm³/mol. The Morgan fingerprint density at radius 3 is 2.60 bits per heavy atom. The Morgan fingerprint density at radius 1 is 0.967 bits per heavy atom. The molecule has 3 heterocycles. The van der Waals surface area contributed by atoms with Gasteiger partial charge in [-0.2, -0.15) is 0 Å². The summed E-state index contributed by atoms with van der Waals surface area (Å²) in [7, 11) is 0. The van der Waals surface area contributed by atoms with Crippen molar-refractivity contribution in [2.24, 2.45) is 0 Å². The summed E-state index contributed by atoms with van der Waals surface area (Å²) in [6.07, 6.45) is 3.44. The summed E-state index contributed by atoms with van der Waals surface area (Å²) < 4.78 is 13.7. The molecule has 0 amide bonds. The van der Waals surface area contributed by atoms with Crippen molar-refractivity contribution in [3.8, 4) is 11.3 Å². The predicted octanol–water partition coefficient (Wildman–Crippen LogP) is 3.98. The monoisotopic (exact) mass is 400 g/mol. The highest BCUT2D eigenvalue weighted by atomic mass is 19.1. The third kappa shape index (κ3) is 3.79. The number of fused-ring (bicyclic) bond motifs is 1. The molecule has 7 heteroatoms. The molecule has 1 aliphatic rings. The minimum atomic E-state index is -0.303. The first-order valence-electron chi connectivity index (χ1n) is 9.97. The minimum Gasteiger partial charge on any atom is -0.369 e. The van der Waals surface area contributed by atoms with Gasteiger partial charge in [-0.25, -0.2) is 14.4 Å². The zero-order valence-corrected chi connectivity index (χ0v) is 16.3. The minimum absolute atomic E-state index is 0.303. The van der Waals surface area contributed by atoms with Crippen LogP contribution in [-0.4, -0.2) is 41.1 Å². The van der Waals surface area contributed by atoms with Gasteiger partial charge in [0.15, 0.2) is 0 Å². The summed E-state index contributed by atoms with van der Waals surface area (Å²) in [4.78, 5) is 15.9. The molecule has 2 aromatic heterocycles. The van der Waals surface area contributed by atoms with Gasteiger partial charge >= 0.3 is 0 Å². The van der Waals surface area contributed by atoms with Gasteiger partial charge in [0.2, 0.25) is 5.95 Å². The number of pyridine rings is 1. The van der Waals surface area contributed by atoms with E-state index < -0.39 is 0 Å². The average molecular weight is 400 g/mol. The lowest BCUT2D eigenvalue weighted by atomic mass is 10.1. The summed E-state index contributed by atoms with van der Waals surface area (Å²) in [5.41, 5.74) is 4.11. The van der Waals surface area contributed by atoms with Crippen LogP contribution in [0.3, 0.4) is 0 Å². The van der Waals surface area contributed by atoms with E-state index in [1.807, 2.05) is 24.3 Å². The van der Waals surface area contributed by atoms with E-state index in [2.05, 4.69) is 42.6 Å². The van der Waals surface area contributed by atoms with Gasteiger partial charge < -0.3 is 15.5 Å². The summed E-state index contributed by atoms with van der Waals surface area (Å²) in [5.74, 6) is 0.173. The Morgan fingerprint density at radius 2 is 1.80 bits per heavy atom. The van der Waals surface area contributed by atoms with Gasteiger partial charge in [0.05, 0.1) is 5.69 Å². The van der Waals surface area contributed by atoms with Gasteiger partial charge in [-0.15, -0.1) is 0 Å². The molecular weight excluding hydrogens is 379 g/mol. The lowest BCUT2D eigenvalue weighted by molar-refractivity contribution is 0.589. The Kier molecular flexibility index (Phi) is 4.94. The molecule has 2 N–H and O–H groups in total. The van der Waals surface area contributed by atoms with Crippen LogP contribution < -0.4 is 15.5 Å². The second-order valence-electron chi connectivity index (χ2n) is 7.21. The largest absolute Gasteiger partial charge is 0.369 e. The molecule has 0 bridgehead atoms. The van der Waals surface area contributed by atoms with Gasteiger partial charge in [-0.3, -0.25) is 4.98 Å². The number of hydrogen-bond acceptors (Lipinski definition) is 6. The van der Waals surface area contributed by atoms with Crippen molar-refractivity contribution in [2.45, 2.75) is 0 Å². The molecule has 1 saturated heterocycles. The van der Waals surface area contributed by atoms with Gasteiger partial charge in [0.25, 0.3) is 0 Å². The number of halogens is 1. The molecule has 1 fully saturated rings. The Labute approximate surface area is 173 Å². The molecule has 4 aromatic rings. The van der Waals surface area contributed by atoms with Crippen LogP contribution in [-0.2, 0) is 0 Å². The van der Waals surface area contributed by atoms with Crippen molar-refractivity contribution < 1.29 is 4.39 Å². The van der Waals surface area contributed by atoms with Gasteiger partial charge in [0.1, 0.15) is 11.3 Å². The molecule has 6 nitrogen and oxygen atoms in total. The van der Waals surface area contributed by atoms with Gasteiger partial charge in [-0.05, 0) is 42.5 Å². The first kappa shape index (κ1) is 18.4. The second kappa shape index (κ2) is 8.04. The molecule has 0 unspecified atom stereocenters. The number of benzene rings is 2. The van der Waals surface area contributed by atoms with E-state index in [0.717, 1.165) is 37.3 Å². The molecule has 150 valence electrons. The van der Waals surface area contributed by atoms with Gasteiger partial charge in [-0.1, -0.05) is 12.1 Å². The topological polar surface area (TPSA) is 66.0 Å². The first-order valence-corrected chi connectivity index (χ1v) is 9.97. The highest BCUT2D eigenvalue weighted by Gasteiger charge is 2.12. The van der Waals surface area contributed by atoms with Crippen molar-refractivity contribution in [3.05, 3.63) is 72.8 Å². The maximum absolute atomic E-state index is 13.7. The molecule has 0 radical (unpaired) electrons. The smallest absolute Gasteiger partial charge is 0.227 e. The van der Waals surface area contributed by atoms with Crippen LogP contribution in [0.25, 0.3) is 22.2 Å². The quantitative estimate of drug-likeness (QED) is 0.540. The Hall–Kier alpha value is -3.58. The third-order valence-electron chi connectivity index (χ3n) is 5.20. The maximum atomic E-state index is 13.7. The van der Waals surface area contributed by atoms with Crippen LogP contribution in [0.4, 0.5) is 21.7 Å². The van der Waals surface area contributed by atoms with Crippen molar-refractivity contribution in [2.75, 3.05) is 36.4 Å². The zero-order valence-electron chi connectivity index (χ0n) is 16.3. The van der Waals surface area contributed by atoms with Gasteiger partial charge in [0, 0.05) is 60.9 Å². The number of nitrogens with one attached hydrogen (secondary N) is 2. The van der Waals surface area contributed by atoms with E-state index >= 15 is 0 Å². The Balaban J connectivity index is 1.43. The van der Waals surface area contributed by atoms with E-state index in [0.29, 0.717) is 22.7 Å². The molecule has 2 aromatic carbocycles. The molecular formula is C23H21FN6. The van der Waals surface area contributed by atoms with Crippen molar-refractivity contribution in [1.29, 1.82) is 0 Å². The van der Waals surface area contributed by atoms with Crippen molar-refractivity contribution >= 4 is 28.2 Å². The third-order valence-corrected chi connectivity index (χ3v) is 5.20. The standard InChI is InChI=1S/C23H21FN6/c24-18-3-1-2-16(14-18)21-22-17(8-9-26-21)15-27-23(29-22)28-19-4-6-20(7-5-19)30-12-10-25-11-13-30/h1-9,14-15,25H,10-13H2,(H,27,28,29). The molecule has 0 atom stereocenters. The van der Waals surface area contributed by atoms with Crippen molar-refractivity contribution in [3.63, 3.8) is 0 Å². The lowest BCUT2D eigenvalue weighted by Crippen LogP contribution is -2.43. The number of hydrogen-bond donors (Lipinski definition) is 2. The summed E-state index contributed by atoms with van der Waals surface area (Å²) in [5, 5.41) is 7.48. The SMILES string of the molecule is Fc1cccc(-c2nccc3cnc(Nc4ccc(N5CCNCC5)cc4)nc23)c1. The molecule has 0 saturated carbocycles. The fourth-order valence-corrected chi connectivity index (χ4v) is 3.67. The van der Waals surface area contributed by atoms with Crippen LogP contribution in [0.2, 0.25) is 0 Å². The number of aromatic nitrogens is 3. The summed E-state index contributed by atoms with van der Waals surface area (Å²) >= 11 is 0. The first-order chi connectivity index (χ1) is 14.8. The highest BCUT2D eigenvalue weighted by molar-refractivity contribution is 5.91. The van der Waals surface area contributed by atoms with Crippen molar-refractivity contribution in [1.82, 2.24) is 20.3 Å². The fraction of sp³-hybridized carbons (Fsp3) is 0.174. The molecule has 30 heavy (non-hydrogen) atoms. The fourth-order valence-electron chi connectivity index (χ4n) is 3.67. The summed E-state index contributed by atoms with van der Waals surface area (Å²) in [6.45, 7) is 4.03. The van der Waals surface area contributed by atoms with E-state index in [4.69, 9.17) is 0 Å². The number of piperazine rings is 1. The zero-order chi connectivity index (χ0) is 20.3. The van der Waals surface area contributed by atoms with E-state index in [-0.39, 0.29) is 5.82 Å². The molecule has 0 spiro atoms. The number of anilines is 3. The average Bonchev–Trinajstić information content (AvgIpc) is 2.80. The van der Waals surface area contributed by atoms with Crippen LogP contribution in [0.1, 0.15) is 0 Å². The van der Waals surface area contributed by atoms with Crippen LogP contribution in [0.5, 0.6) is 0 Å². The normalized spacial score (nSPS) is 14.1. The van der Waals surface area contributed by atoms with E-state index in [1.54, 1.807) is 18.5 Å². The number of nitrogens with zero attached hydrogens (tertiary/aromatic N) is 4. The molecule has 1 aliphatic heterocycles. The van der Waals surface area contributed by atoms with E-state index in [1.165, 1.54) is 17.8 Å². The molecule has 0 aliphatic carbocycles. The highest BCUT2D eigenvalue weighted by Crippen LogP contribution is 2.27. The number of rotatable bonds is 4. The van der Waals surface area contributed by atoms with Crippen LogP contribution >= 0.6 is 0 Å².